The van der Waals surface area contributed by atoms with Crippen molar-refractivity contribution in [2.75, 3.05) is 0 Å². The van der Waals surface area contributed by atoms with Crippen molar-refractivity contribution < 1.29 is 0 Å². The Labute approximate surface area is 210 Å². The molecule has 178 valence electrons. The quantitative estimate of drug-likeness (QED) is 0.107. The van der Waals surface area contributed by atoms with Crippen LogP contribution in [0.15, 0.2) is 24.3 Å². The van der Waals surface area contributed by atoms with Gasteiger partial charge in [-0.25, -0.2) is 0 Å². The Morgan fingerprint density at radius 3 is 1.16 bits per heavy atom. The van der Waals surface area contributed by atoms with E-state index in [1.54, 1.807) is 28.2 Å². The molecule has 0 saturated carbocycles. The zero-order valence-electron chi connectivity index (χ0n) is 20.9. The first-order valence-corrected chi connectivity index (χ1v) is 17.2. The van der Waals surface area contributed by atoms with Crippen LogP contribution in [0.4, 0.5) is 0 Å². The number of fused-ring (bicyclic) bond motifs is 2. The van der Waals surface area contributed by atoms with Crippen molar-refractivity contribution in [3.05, 3.63) is 33.1 Å². The van der Waals surface area contributed by atoms with Gasteiger partial charge in [0, 0.05) is 0 Å². The molecular weight excluding hydrogens is 518 g/mol. The van der Waals surface area contributed by atoms with E-state index in [1.165, 1.54) is 116 Å². The fraction of sp³-hybridized carbons (Fsp3) is 0.667. The molecule has 0 amide bonds. The molecule has 0 fully saturated rings. The van der Waals surface area contributed by atoms with E-state index in [4.69, 9.17) is 0 Å². The van der Waals surface area contributed by atoms with Crippen molar-refractivity contribution >= 4 is 48.3 Å². The first-order valence-electron chi connectivity index (χ1n) is 13.7. The summed E-state index contributed by atoms with van der Waals surface area (Å²) in [6, 6.07) is 10.2. The molecule has 1 aromatic carbocycles. The summed E-state index contributed by atoms with van der Waals surface area (Å²) in [5.74, 6) is 0. The molecule has 0 nitrogen and oxygen atoms in total. The van der Waals surface area contributed by atoms with Gasteiger partial charge in [-0.15, -0.1) is 0 Å². The van der Waals surface area contributed by atoms with Crippen LogP contribution < -0.4 is 0 Å². The third kappa shape index (κ3) is 9.18. The molecule has 0 saturated heterocycles. The molecule has 32 heavy (non-hydrogen) atoms. The Bertz CT molecular complexity index is 764. The minimum atomic E-state index is 0.590. The average Bonchev–Trinajstić information content (AvgIpc) is 3.37. The summed E-state index contributed by atoms with van der Waals surface area (Å²) in [5.41, 5.74) is 0. The predicted molar refractivity (Wildman–Crippen MR) is 148 cm³/mol. The summed E-state index contributed by atoms with van der Waals surface area (Å²) in [7, 11) is 0. The molecule has 2 heterocycles. The van der Waals surface area contributed by atoms with Crippen molar-refractivity contribution in [1.82, 2.24) is 0 Å². The van der Waals surface area contributed by atoms with Crippen molar-refractivity contribution in [2.45, 2.75) is 129 Å². The standard InChI is InChI=1S/C30H46Se2/c1-3-5-7-9-11-13-15-17-19-27-21-25-23-30-26(24-29(25)31-27)22-28(32-30)20-18-16-14-12-10-8-6-4-2/h21-24H,3-20H2,1-2H3. The van der Waals surface area contributed by atoms with Crippen LogP contribution in [-0.2, 0) is 12.8 Å². The molecule has 0 aliphatic carbocycles. The minimum absolute atomic E-state index is 0.590. The molecule has 0 aliphatic rings. The molecular formula is C30H46Se2. The zero-order chi connectivity index (χ0) is 22.4. The van der Waals surface area contributed by atoms with E-state index in [0.29, 0.717) is 29.0 Å². The van der Waals surface area contributed by atoms with Gasteiger partial charge in [0.1, 0.15) is 0 Å². The van der Waals surface area contributed by atoms with Gasteiger partial charge in [-0.1, -0.05) is 0 Å². The van der Waals surface area contributed by atoms with Gasteiger partial charge in [0.2, 0.25) is 0 Å². The summed E-state index contributed by atoms with van der Waals surface area (Å²) < 4.78 is 6.81. The van der Waals surface area contributed by atoms with Crippen molar-refractivity contribution in [1.29, 1.82) is 0 Å². The summed E-state index contributed by atoms with van der Waals surface area (Å²) in [5, 5.41) is 3.14. The first-order chi connectivity index (χ1) is 15.8. The summed E-state index contributed by atoms with van der Waals surface area (Å²) >= 11 is 1.18. The van der Waals surface area contributed by atoms with Crippen LogP contribution in [0.5, 0.6) is 0 Å². The maximum absolute atomic E-state index is 2.56. The Morgan fingerprint density at radius 2 is 0.781 bits per heavy atom. The molecule has 2 heteroatoms. The van der Waals surface area contributed by atoms with Gasteiger partial charge in [-0.2, -0.15) is 0 Å². The average molecular weight is 565 g/mol. The Kier molecular flexibility index (Phi) is 12.8. The van der Waals surface area contributed by atoms with E-state index in [9.17, 15) is 0 Å². The molecule has 0 unspecified atom stereocenters. The normalized spacial score (nSPS) is 11.8. The number of benzene rings is 1. The Balaban J connectivity index is 1.39. The number of unbranched alkanes of at least 4 members (excludes halogenated alkanes) is 14. The fourth-order valence-corrected chi connectivity index (χ4v) is 9.56. The molecule has 0 aliphatic heterocycles. The molecule has 0 bridgehead atoms. The molecule has 0 radical (unpaired) electrons. The van der Waals surface area contributed by atoms with E-state index in [2.05, 4.69) is 38.1 Å². The van der Waals surface area contributed by atoms with Crippen molar-refractivity contribution in [2.24, 2.45) is 0 Å². The van der Waals surface area contributed by atoms with Crippen LogP contribution in [0.3, 0.4) is 0 Å². The monoisotopic (exact) mass is 566 g/mol. The van der Waals surface area contributed by atoms with E-state index in [1.807, 2.05) is 0 Å². The van der Waals surface area contributed by atoms with Crippen LogP contribution in [0.25, 0.3) is 19.3 Å². The van der Waals surface area contributed by atoms with E-state index >= 15 is 0 Å². The van der Waals surface area contributed by atoms with E-state index < -0.39 is 0 Å². The molecule has 0 atom stereocenters. The first kappa shape index (κ1) is 26.3. The molecule has 2 aromatic heterocycles. The summed E-state index contributed by atoms with van der Waals surface area (Å²) in [6.45, 7) is 4.61. The van der Waals surface area contributed by atoms with Crippen LogP contribution in [0.1, 0.15) is 125 Å². The number of hydrogen-bond acceptors (Lipinski definition) is 0. The van der Waals surface area contributed by atoms with E-state index in [-0.39, 0.29) is 0 Å². The summed E-state index contributed by atoms with van der Waals surface area (Å²) in [6.07, 6.45) is 25.5. The van der Waals surface area contributed by atoms with Gasteiger partial charge in [-0.05, 0) is 0 Å². The molecule has 3 rings (SSSR count). The maximum atomic E-state index is 2.56. The topological polar surface area (TPSA) is 0 Å². The van der Waals surface area contributed by atoms with Gasteiger partial charge in [0.25, 0.3) is 0 Å². The SMILES string of the molecule is CCCCCCCCCCc1cc2cc3[se]c(CCCCCCCCCC)cc3cc2[se]1. The number of hydrogen-bond donors (Lipinski definition) is 0. The molecule has 0 spiro atoms. The van der Waals surface area contributed by atoms with E-state index in [0.717, 1.165) is 0 Å². The number of rotatable bonds is 18. The summed E-state index contributed by atoms with van der Waals surface area (Å²) in [4.78, 5) is 0. The van der Waals surface area contributed by atoms with Gasteiger partial charge < -0.3 is 0 Å². The molecule has 0 N–H and O–H groups in total. The van der Waals surface area contributed by atoms with Crippen molar-refractivity contribution in [3.8, 4) is 0 Å². The van der Waals surface area contributed by atoms with Crippen molar-refractivity contribution in [3.63, 3.8) is 0 Å². The predicted octanol–water partition coefficient (Wildman–Crippen LogP) is 9.47. The third-order valence-electron chi connectivity index (χ3n) is 6.81. The second-order valence-electron chi connectivity index (χ2n) is 9.80. The van der Waals surface area contributed by atoms with Gasteiger partial charge in [0.15, 0.2) is 0 Å². The van der Waals surface area contributed by atoms with Gasteiger partial charge in [0.05, 0.1) is 0 Å². The van der Waals surface area contributed by atoms with Crippen LogP contribution in [0, 0.1) is 0 Å². The zero-order valence-corrected chi connectivity index (χ0v) is 24.3. The van der Waals surface area contributed by atoms with Crippen LogP contribution >= 0.6 is 0 Å². The van der Waals surface area contributed by atoms with Crippen LogP contribution in [-0.4, -0.2) is 29.0 Å². The van der Waals surface area contributed by atoms with Gasteiger partial charge >= 0.3 is 211 Å². The second kappa shape index (κ2) is 15.6. The van der Waals surface area contributed by atoms with Gasteiger partial charge in [-0.3, -0.25) is 0 Å². The third-order valence-corrected chi connectivity index (χ3v) is 11.7. The molecule has 3 aromatic rings. The Morgan fingerprint density at radius 1 is 0.438 bits per heavy atom. The van der Waals surface area contributed by atoms with Crippen LogP contribution in [0.2, 0.25) is 0 Å². The second-order valence-corrected chi connectivity index (χ2v) is 14.7. The Hall–Kier alpha value is -0.261. The fourth-order valence-electron chi connectivity index (χ4n) is 4.79. The number of aryl methyl sites for hydroxylation is 2.